The van der Waals surface area contributed by atoms with Crippen molar-refractivity contribution in [2.24, 2.45) is 0 Å². The number of pyridine rings is 1. The highest BCUT2D eigenvalue weighted by atomic mass is 16.5. The van der Waals surface area contributed by atoms with Crippen molar-refractivity contribution in [3.05, 3.63) is 30.1 Å². The van der Waals surface area contributed by atoms with Crippen LogP contribution in [-0.2, 0) is 4.74 Å². The van der Waals surface area contributed by atoms with Crippen molar-refractivity contribution in [1.29, 1.82) is 0 Å². The summed E-state index contributed by atoms with van der Waals surface area (Å²) >= 11 is 0. The first-order valence-electron chi connectivity index (χ1n) is 5.25. The smallest absolute Gasteiger partial charge is 0.109 e. The van der Waals surface area contributed by atoms with E-state index in [9.17, 15) is 5.11 Å². The van der Waals surface area contributed by atoms with Gasteiger partial charge in [0, 0.05) is 25.8 Å². The summed E-state index contributed by atoms with van der Waals surface area (Å²) in [5.41, 5.74) is 0.740. The van der Waals surface area contributed by atoms with Gasteiger partial charge in [-0.2, -0.15) is 0 Å². The Morgan fingerprint density at radius 3 is 2.87 bits per heavy atom. The largest absolute Gasteiger partial charge is 0.385 e. The van der Waals surface area contributed by atoms with Crippen molar-refractivity contribution in [1.82, 2.24) is 9.88 Å². The van der Waals surface area contributed by atoms with Gasteiger partial charge >= 0.3 is 0 Å². The molecular weight excluding hydrogens is 192 g/mol. The van der Waals surface area contributed by atoms with Crippen molar-refractivity contribution in [3.63, 3.8) is 0 Å². The second-order valence-corrected chi connectivity index (χ2v) is 3.68. The lowest BCUT2D eigenvalue weighted by Gasteiger charge is -2.28. The Morgan fingerprint density at radius 1 is 1.40 bits per heavy atom. The van der Waals surface area contributed by atoms with E-state index in [1.54, 1.807) is 6.20 Å². The van der Waals surface area contributed by atoms with Gasteiger partial charge in [0.15, 0.2) is 0 Å². The van der Waals surface area contributed by atoms with E-state index in [0.717, 1.165) is 32.0 Å². The van der Waals surface area contributed by atoms with E-state index in [-0.39, 0.29) is 0 Å². The van der Waals surface area contributed by atoms with E-state index >= 15 is 0 Å². The molecule has 0 bridgehead atoms. The lowest BCUT2D eigenvalue weighted by molar-refractivity contribution is 0.0135. The molecular formula is C11H16N2O2. The van der Waals surface area contributed by atoms with Crippen molar-refractivity contribution in [3.8, 4) is 0 Å². The fraction of sp³-hybridized carbons (Fsp3) is 0.545. The molecule has 0 radical (unpaired) electrons. The molecule has 1 fully saturated rings. The van der Waals surface area contributed by atoms with Gasteiger partial charge in [0.1, 0.15) is 6.10 Å². The van der Waals surface area contributed by atoms with E-state index < -0.39 is 6.10 Å². The topological polar surface area (TPSA) is 45.6 Å². The van der Waals surface area contributed by atoms with Crippen LogP contribution in [-0.4, -0.2) is 47.8 Å². The molecule has 0 amide bonds. The molecule has 0 saturated carbocycles. The first-order valence-corrected chi connectivity index (χ1v) is 5.25. The van der Waals surface area contributed by atoms with E-state index in [1.807, 2.05) is 18.2 Å². The monoisotopic (exact) mass is 208 g/mol. The molecule has 0 aliphatic carbocycles. The third kappa shape index (κ3) is 2.99. The Labute approximate surface area is 89.5 Å². The average molecular weight is 208 g/mol. The van der Waals surface area contributed by atoms with Gasteiger partial charge in [0.05, 0.1) is 18.9 Å². The molecule has 1 aromatic heterocycles. The fourth-order valence-corrected chi connectivity index (χ4v) is 1.69. The lowest BCUT2D eigenvalue weighted by atomic mass is 10.2. The van der Waals surface area contributed by atoms with E-state index in [0.29, 0.717) is 6.54 Å². The Bertz CT molecular complexity index is 286. The number of aliphatic hydroxyl groups is 1. The van der Waals surface area contributed by atoms with Gasteiger partial charge in [0.25, 0.3) is 0 Å². The Balaban J connectivity index is 1.88. The van der Waals surface area contributed by atoms with Crippen molar-refractivity contribution >= 4 is 0 Å². The van der Waals surface area contributed by atoms with Gasteiger partial charge in [-0.1, -0.05) is 6.07 Å². The van der Waals surface area contributed by atoms with Crippen LogP contribution in [0.25, 0.3) is 0 Å². The second kappa shape index (κ2) is 5.21. The summed E-state index contributed by atoms with van der Waals surface area (Å²) in [6, 6.07) is 5.60. The Morgan fingerprint density at radius 2 is 2.20 bits per heavy atom. The van der Waals surface area contributed by atoms with Crippen LogP contribution >= 0.6 is 0 Å². The average Bonchev–Trinajstić information content (AvgIpc) is 2.31. The molecule has 1 aromatic rings. The number of β-amino-alcohol motifs (C(OH)–C–C–N with tert-alkyl or cyclic N) is 1. The van der Waals surface area contributed by atoms with Crippen LogP contribution in [0.4, 0.5) is 0 Å². The zero-order chi connectivity index (χ0) is 10.5. The highest BCUT2D eigenvalue weighted by molar-refractivity contribution is 5.06. The van der Waals surface area contributed by atoms with Gasteiger partial charge in [-0.25, -0.2) is 0 Å². The normalized spacial score (nSPS) is 20.1. The maximum absolute atomic E-state index is 9.93. The number of aliphatic hydroxyl groups excluding tert-OH is 1. The summed E-state index contributed by atoms with van der Waals surface area (Å²) in [7, 11) is 0. The molecule has 82 valence electrons. The zero-order valence-electron chi connectivity index (χ0n) is 8.67. The standard InChI is InChI=1S/C11H16N2O2/c14-11(10-3-1-2-4-12-10)9-13-5-7-15-8-6-13/h1-4,11,14H,5-9H2/t11-/m0/s1. The van der Waals surface area contributed by atoms with Crippen LogP contribution in [0.2, 0.25) is 0 Å². The van der Waals surface area contributed by atoms with E-state index in [4.69, 9.17) is 4.74 Å². The minimum absolute atomic E-state index is 0.496. The number of rotatable bonds is 3. The van der Waals surface area contributed by atoms with Gasteiger partial charge in [-0.3, -0.25) is 9.88 Å². The molecule has 1 atom stereocenters. The molecule has 0 aromatic carbocycles. The lowest BCUT2D eigenvalue weighted by Crippen LogP contribution is -2.38. The SMILES string of the molecule is O[C@@H](CN1CCOCC1)c1ccccn1. The minimum atomic E-state index is -0.496. The third-order valence-electron chi connectivity index (χ3n) is 2.56. The summed E-state index contributed by atoms with van der Waals surface area (Å²) in [6.07, 6.45) is 1.21. The number of morpholine rings is 1. The summed E-state index contributed by atoms with van der Waals surface area (Å²) < 4.78 is 5.25. The predicted molar refractivity (Wildman–Crippen MR) is 56.5 cm³/mol. The van der Waals surface area contributed by atoms with Gasteiger partial charge in [0.2, 0.25) is 0 Å². The molecule has 1 aliphatic heterocycles. The van der Waals surface area contributed by atoms with Crippen molar-refractivity contribution in [2.45, 2.75) is 6.10 Å². The summed E-state index contributed by atoms with van der Waals surface area (Å²) in [4.78, 5) is 6.33. The van der Waals surface area contributed by atoms with Crippen LogP contribution in [0.15, 0.2) is 24.4 Å². The highest BCUT2D eigenvalue weighted by Gasteiger charge is 2.16. The number of nitrogens with zero attached hydrogens (tertiary/aromatic N) is 2. The third-order valence-corrected chi connectivity index (χ3v) is 2.56. The maximum Gasteiger partial charge on any atom is 0.109 e. The Hall–Kier alpha value is -0.970. The highest BCUT2D eigenvalue weighted by Crippen LogP contribution is 2.11. The molecule has 2 rings (SSSR count). The molecule has 0 unspecified atom stereocenters. The quantitative estimate of drug-likeness (QED) is 0.783. The van der Waals surface area contributed by atoms with Crippen LogP contribution < -0.4 is 0 Å². The minimum Gasteiger partial charge on any atom is -0.385 e. The number of aromatic nitrogens is 1. The molecule has 0 spiro atoms. The van der Waals surface area contributed by atoms with Crippen molar-refractivity contribution < 1.29 is 9.84 Å². The molecule has 4 heteroatoms. The van der Waals surface area contributed by atoms with Crippen molar-refractivity contribution in [2.75, 3.05) is 32.8 Å². The maximum atomic E-state index is 9.93. The molecule has 1 saturated heterocycles. The van der Waals surface area contributed by atoms with Crippen LogP contribution in [0.3, 0.4) is 0 Å². The first-order chi connectivity index (χ1) is 7.36. The van der Waals surface area contributed by atoms with Gasteiger partial charge in [-0.15, -0.1) is 0 Å². The zero-order valence-corrected chi connectivity index (χ0v) is 8.67. The number of hydrogen-bond acceptors (Lipinski definition) is 4. The molecule has 1 N–H and O–H groups in total. The molecule has 1 aliphatic rings. The molecule has 15 heavy (non-hydrogen) atoms. The summed E-state index contributed by atoms with van der Waals surface area (Å²) in [5.74, 6) is 0. The van der Waals surface area contributed by atoms with E-state index in [1.165, 1.54) is 0 Å². The van der Waals surface area contributed by atoms with Gasteiger partial charge in [-0.05, 0) is 12.1 Å². The van der Waals surface area contributed by atoms with Crippen LogP contribution in [0.1, 0.15) is 11.8 Å². The molecule has 4 nitrogen and oxygen atoms in total. The van der Waals surface area contributed by atoms with E-state index in [2.05, 4.69) is 9.88 Å². The number of ether oxygens (including phenoxy) is 1. The van der Waals surface area contributed by atoms with Crippen LogP contribution in [0, 0.1) is 0 Å². The van der Waals surface area contributed by atoms with Crippen LogP contribution in [0.5, 0.6) is 0 Å². The van der Waals surface area contributed by atoms with Gasteiger partial charge < -0.3 is 9.84 Å². The number of hydrogen-bond donors (Lipinski definition) is 1. The first kappa shape index (κ1) is 10.5. The predicted octanol–water partition coefficient (Wildman–Crippen LogP) is 0.447. The molecule has 2 heterocycles. The summed E-state index contributed by atoms with van der Waals surface area (Å²) in [5, 5.41) is 9.93. The second-order valence-electron chi connectivity index (χ2n) is 3.68. The summed E-state index contributed by atoms with van der Waals surface area (Å²) in [6.45, 7) is 3.94. The Kier molecular flexibility index (Phi) is 3.66. The fourth-order valence-electron chi connectivity index (χ4n) is 1.69.